The monoisotopic (exact) mass is 818 g/mol. The number of aliphatic carboxylic acids is 4. The van der Waals surface area contributed by atoms with Gasteiger partial charge in [-0.1, -0.05) is 13.8 Å². The van der Waals surface area contributed by atoms with Gasteiger partial charge in [-0.25, -0.2) is 0 Å². The first-order valence-electron chi connectivity index (χ1n) is 18.7. The number of imide groups is 1. The highest BCUT2D eigenvalue weighted by Gasteiger charge is 2.39. The highest BCUT2D eigenvalue weighted by Crippen LogP contribution is 2.34. The van der Waals surface area contributed by atoms with E-state index in [1.807, 2.05) is 0 Å². The molecule has 20 nitrogen and oxygen atoms in total. The van der Waals surface area contributed by atoms with Gasteiger partial charge in [-0.15, -0.1) is 11.8 Å². The summed E-state index contributed by atoms with van der Waals surface area (Å²) in [5.41, 5.74) is 5.93. The van der Waals surface area contributed by atoms with E-state index in [1.54, 1.807) is 28.5 Å². The number of carboxylic acid groups (broad SMARTS) is 4. The fraction of sp³-hybridized carbons (Fsp3) is 0.743. The summed E-state index contributed by atoms with van der Waals surface area (Å²) in [6.45, 7) is 7.19. The van der Waals surface area contributed by atoms with E-state index in [4.69, 9.17) is 25.1 Å². The molecule has 0 radical (unpaired) electrons. The van der Waals surface area contributed by atoms with Gasteiger partial charge >= 0.3 is 23.9 Å². The van der Waals surface area contributed by atoms with E-state index in [0.717, 1.165) is 16.7 Å². The molecule has 21 heteroatoms. The fourth-order valence-electron chi connectivity index (χ4n) is 5.92. The summed E-state index contributed by atoms with van der Waals surface area (Å²) >= 11 is 0.991. The maximum Gasteiger partial charge on any atom is 0.321 e. The quantitative estimate of drug-likeness (QED) is 0.0394. The van der Waals surface area contributed by atoms with Crippen molar-refractivity contribution in [3.05, 3.63) is 10.5 Å². The van der Waals surface area contributed by atoms with E-state index >= 15 is 0 Å². The van der Waals surface area contributed by atoms with E-state index in [1.165, 1.54) is 0 Å². The predicted molar refractivity (Wildman–Crippen MR) is 202 cm³/mol. The number of thioether (sulfide) groups is 1. The molecule has 318 valence electrons. The second-order valence-electron chi connectivity index (χ2n) is 13.6. The third-order valence-electron chi connectivity index (χ3n) is 8.89. The molecule has 0 unspecified atom stereocenters. The third kappa shape index (κ3) is 18.0. The van der Waals surface area contributed by atoms with E-state index in [0.29, 0.717) is 77.7 Å². The van der Waals surface area contributed by atoms with Crippen LogP contribution >= 0.6 is 11.8 Å². The Bertz CT molecular complexity index is 1340. The first kappa shape index (κ1) is 48.4. The van der Waals surface area contributed by atoms with Crippen LogP contribution in [0.3, 0.4) is 0 Å². The molecule has 0 aliphatic carbocycles. The average molecular weight is 819 g/mol. The van der Waals surface area contributed by atoms with Gasteiger partial charge in [0.15, 0.2) is 0 Å². The Labute approximate surface area is 330 Å². The Balaban J connectivity index is 1.57. The van der Waals surface area contributed by atoms with Crippen LogP contribution in [-0.2, 0) is 47.8 Å². The SMILES string of the molecule is CC(C)C1=C(SC[C@H](N)C(=O)O)C(=O)N(CCCOCCOCCOCCCNC(=O)CC[C@H](C(=O)O)N2CCN(CC(=O)O)CCN(CC(=O)O)CC2)C1=O. The van der Waals surface area contributed by atoms with Crippen LogP contribution in [0, 0.1) is 5.92 Å². The number of nitrogens with zero attached hydrogens (tertiary/aromatic N) is 4. The lowest BCUT2D eigenvalue weighted by Crippen LogP contribution is -2.47. The van der Waals surface area contributed by atoms with Crippen molar-refractivity contribution >= 4 is 53.4 Å². The topological polar surface area (TPSA) is 279 Å². The number of carbonyl (C=O) groups excluding carboxylic acids is 3. The zero-order valence-corrected chi connectivity index (χ0v) is 33.0. The molecule has 0 aromatic carbocycles. The molecule has 0 bridgehead atoms. The van der Waals surface area contributed by atoms with Crippen LogP contribution in [0.4, 0.5) is 0 Å². The molecule has 2 aliphatic rings. The molecule has 2 rings (SSSR count). The van der Waals surface area contributed by atoms with Gasteiger partial charge in [0, 0.05) is 83.3 Å². The van der Waals surface area contributed by atoms with Gasteiger partial charge in [0.2, 0.25) is 5.91 Å². The molecule has 0 saturated carbocycles. The number of carbonyl (C=O) groups is 7. The molecule has 2 heterocycles. The first-order chi connectivity index (χ1) is 26.6. The van der Waals surface area contributed by atoms with Crippen LogP contribution in [0.1, 0.15) is 39.5 Å². The van der Waals surface area contributed by atoms with E-state index in [9.17, 15) is 48.9 Å². The molecule has 0 aromatic heterocycles. The predicted octanol–water partition coefficient (Wildman–Crippen LogP) is -1.32. The highest BCUT2D eigenvalue weighted by atomic mass is 32.2. The van der Waals surface area contributed by atoms with Gasteiger partial charge in [-0.2, -0.15) is 0 Å². The summed E-state index contributed by atoms with van der Waals surface area (Å²) in [5.74, 6) is -5.77. The summed E-state index contributed by atoms with van der Waals surface area (Å²) in [4.78, 5) is 90.4. The molecule has 0 aromatic rings. The molecule has 7 N–H and O–H groups in total. The number of hydrogen-bond donors (Lipinski definition) is 6. The lowest BCUT2D eigenvalue weighted by Gasteiger charge is -2.30. The summed E-state index contributed by atoms with van der Waals surface area (Å²) in [6.07, 6.45) is 0.920. The minimum atomic E-state index is -1.18. The molecule has 2 atom stereocenters. The highest BCUT2D eigenvalue weighted by molar-refractivity contribution is 8.04. The molecule has 0 spiro atoms. The second-order valence-corrected chi connectivity index (χ2v) is 14.6. The van der Waals surface area contributed by atoms with E-state index in [2.05, 4.69) is 5.32 Å². The number of nitrogens with two attached hydrogens (primary N) is 1. The van der Waals surface area contributed by atoms with Crippen LogP contribution < -0.4 is 11.1 Å². The van der Waals surface area contributed by atoms with Crippen LogP contribution in [-0.4, -0.2) is 205 Å². The van der Waals surface area contributed by atoms with E-state index in [-0.39, 0.29) is 87.0 Å². The molecule has 56 heavy (non-hydrogen) atoms. The number of carboxylic acids is 4. The number of amides is 3. The Kier molecular flexibility index (Phi) is 22.7. The van der Waals surface area contributed by atoms with Crippen molar-refractivity contribution in [2.75, 3.05) is 111 Å². The summed E-state index contributed by atoms with van der Waals surface area (Å²) in [5, 5.41) is 40.2. The van der Waals surface area contributed by atoms with Crippen molar-refractivity contribution in [1.29, 1.82) is 0 Å². The summed E-state index contributed by atoms with van der Waals surface area (Å²) in [6, 6.07) is -2.16. The maximum atomic E-state index is 12.9. The largest absolute Gasteiger partial charge is 0.480 e. The van der Waals surface area contributed by atoms with Crippen LogP contribution in [0.25, 0.3) is 0 Å². The maximum absolute atomic E-state index is 12.9. The molecule has 3 amide bonds. The van der Waals surface area contributed by atoms with Crippen molar-refractivity contribution < 1.29 is 68.2 Å². The van der Waals surface area contributed by atoms with Gasteiger partial charge in [-0.3, -0.25) is 53.2 Å². The van der Waals surface area contributed by atoms with Crippen molar-refractivity contribution in [1.82, 2.24) is 24.9 Å². The smallest absolute Gasteiger partial charge is 0.321 e. The van der Waals surface area contributed by atoms with E-state index < -0.39 is 41.9 Å². The Morgan fingerprint density at radius 3 is 1.77 bits per heavy atom. The fourth-order valence-corrected chi connectivity index (χ4v) is 7.13. The second kappa shape index (κ2) is 26.3. The zero-order valence-electron chi connectivity index (χ0n) is 32.2. The first-order valence-corrected chi connectivity index (χ1v) is 19.7. The minimum absolute atomic E-state index is 0.0264. The van der Waals surface area contributed by atoms with Crippen molar-refractivity contribution in [2.24, 2.45) is 11.7 Å². The molecule has 1 fully saturated rings. The lowest BCUT2D eigenvalue weighted by atomic mass is 10.0. The Hall–Kier alpha value is -3.70. The number of rotatable bonds is 28. The van der Waals surface area contributed by atoms with Crippen molar-refractivity contribution in [3.8, 4) is 0 Å². The minimum Gasteiger partial charge on any atom is -0.480 e. The normalized spacial score (nSPS) is 17.5. The lowest BCUT2D eigenvalue weighted by molar-refractivity contribution is -0.145. The number of nitrogens with one attached hydrogen (secondary N) is 1. The number of ether oxygens (including phenoxy) is 3. The van der Waals surface area contributed by atoms with Crippen LogP contribution in [0.15, 0.2) is 10.5 Å². The standard InChI is InChI=1S/C35H58N6O14S/c1-24(2)30-31(56-23-25(36)34(49)50)33(48)41(32(30)47)8-4-16-54-18-20-55-19-17-53-15-3-7-37-27(42)6-5-26(35(51)52)40-13-11-38(21-28(43)44)9-10-39(12-14-40)22-29(45)46/h24-26H,3-23,36H2,1-2H3,(H,37,42)(H,43,44)(H,45,46)(H,49,50)(H,51,52)/t25-,26+/m0/s1. The van der Waals surface area contributed by atoms with Crippen LogP contribution in [0.5, 0.6) is 0 Å². The van der Waals surface area contributed by atoms with Gasteiger partial charge in [0.05, 0.1) is 44.4 Å². The summed E-state index contributed by atoms with van der Waals surface area (Å²) in [7, 11) is 0. The van der Waals surface area contributed by atoms with Gasteiger partial charge in [-0.05, 0) is 25.2 Å². The average Bonchev–Trinajstić information content (AvgIpc) is 3.41. The third-order valence-corrected chi connectivity index (χ3v) is 10.1. The van der Waals surface area contributed by atoms with Crippen molar-refractivity contribution in [2.45, 2.75) is 51.6 Å². The Morgan fingerprint density at radius 2 is 1.27 bits per heavy atom. The van der Waals surface area contributed by atoms with Gasteiger partial charge in [0.25, 0.3) is 11.8 Å². The molecule has 1 saturated heterocycles. The molecular weight excluding hydrogens is 760 g/mol. The van der Waals surface area contributed by atoms with Crippen molar-refractivity contribution in [3.63, 3.8) is 0 Å². The Morgan fingerprint density at radius 1 is 0.750 bits per heavy atom. The summed E-state index contributed by atoms with van der Waals surface area (Å²) < 4.78 is 16.6. The molecular formula is C35H58N6O14S. The number of hydrogen-bond acceptors (Lipinski definition) is 15. The van der Waals surface area contributed by atoms with Gasteiger partial charge in [0.1, 0.15) is 12.1 Å². The van der Waals surface area contributed by atoms with Gasteiger partial charge < -0.3 is 45.7 Å². The zero-order chi connectivity index (χ0) is 41.6. The van der Waals surface area contributed by atoms with Crippen LogP contribution in [0.2, 0.25) is 0 Å². The molecule has 2 aliphatic heterocycles.